The fourth-order valence-corrected chi connectivity index (χ4v) is 9.36. The van der Waals surface area contributed by atoms with Gasteiger partial charge in [-0.15, -0.1) is 22.7 Å². The van der Waals surface area contributed by atoms with Gasteiger partial charge in [-0.3, -0.25) is 0 Å². The molecule has 9 aromatic rings. The van der Waals surface area contributed by atoms with Crippen molar-refractivity contribution in [2.75, 3.05) is 9.80 Å². The van der Waals surface area contributed by atoms with Crippen LogP contribution >= 0.6 is 22.7 Å². The van der Waals surface area contributed by atoms with Crippen LogP contribution in [0.2, 0.25) is 0 Å². The van der Waals surface area contributed by atoms with Gasteiger partial charge < -0.3 is 9.80 Å². The van der Waals surface area contributed by atoms with E-state index in [4.69, 9.17) is 0 Å². The lowest BCUT2D eigenvalue weighted by molar-refractivity contribution is 1.29. The van der Waals surface area contributed by atoms with Gasteiger partial charge in [-0.1, -0.05) is 103 Å². The average molecular weight is 625 g/mol. The minimum atomic E-state index is 1.15. The van der Waals surface area contributed by atoms with Crippen LogP contribution in [0.4, 0.5) is 34.1 Å². The highest BCUT2D eigenvalue weighted by Crippen LogP contribution is 2.51. The summed E-state index contributed by atoms with van der Waals surface area (Å²) < 4.78 is 5.35. The van der Waals surface area contributed by atoms with Crippen molar-refractivity contribution in [3.8, 4) is 0 Å². The van der Waals surface area contributed by atoms with E-state index in [-0.39, 0.29) is 0 Å². The highest BCUT2D eigenvalue weighted by atomic mass is 32.1. The number of hydrogen-bond acceptors (Lipinski definition) is 4. The molecule has 2 aromatic heterocycles. The van der Waals surface area contributed by atoms with Gasteiger partial charge in [-0.05, 0) is 72.1 Å². The van der Waals surface area contributed by atoms with Gasteiger partial charge in [0, 0.05) is 54.0 Å². The number of para-hydroxylation sites is 4. The summed E-state index contributed by atoms with van der Waals surface area (Å²) >= 11 is 3.82. The van der Waals surface area contributed by atoms with Crippen LogP contribution in [0.1, 0.15) is 0 Å². The number of thiophene rings is 2. The second kappa shape index (κ2) is 11.2. The Bertz CT molecular complexity index is 2390. The smallest absolute Gasteiger partial charge is 0.0554 e. The number of rotatable bonds is 6. The standard InChI is InChI=1S/C42H28N2S2/c1-5-15-29(16-6-1)43(30-17-7-2-8-18-30)33-25-26-36-38(27-33)45-42-40-35-24-14-13-23-34(35)37(28-39(40)46-41(36)42)44(31-19-9-3-10-20-31)32-21-11-4-12-22-32/h1-28H. The van der Waals surface area contributed by atoms with Crippen molar-refractivity contribution in [2.24, 2.45) is 0 Å². The number of fused-ring (bicyclic) bond motifs is 7. The summed E-state index contributed by atoms with van der Waals surface area (Å²) in [5.74, 6) is 0. The first-order valence-electron chi connectivity index (χ1n) is 15.4. The van der Waals surface area contributed by atoms with E-state index in [9.17, 15) is 0 Å². The maximum absolute atomic E-state index is 2.40. The van der Waals surface area contributed by atoms with Crippen molar-refractivity contribution < 1.29 is 0 Å². The molecule has 2 heterocycles. The molecule has 0 N–H and O–H groups in total. The normalized spacial score (nSPS) is 11.5. The third-order valence-corrected chi connectivity index (χ3v) is 11.1. The first kappa shape index (κ1) is 26.9. The molecule has 0 fully saturated rings. The fraction of sp³-hybridized carbons (Fsp3) is 0. The average Bonchev–Trinajstić information content (AvgIpc) is 3.66. The van der Waals surface area contributed by atoms with Gasteiger partial charge in [0.1, 0.15) is 0 Å². The van der Waals surface area contributed by atoms with Crippen LogP contribution < -0.4 is 9.80 Å². The van der Waals surface area contributed by atoms with Gasteiger partial charge in [0.15, 0.2) is 0 Å². The molecule has 9 rings (SSSR count). The summed E-state index contributed by atoms with van der Waals surface area (Å²) in [6.45, 7) is 0. The fourth-order valence-electron chi connectivity index (χ4n) is 6.59. The molecule has 0 saturated carbocycles. The van der Waals surface area contributed by atoms with Gasteiger partial charge in [0.2, 0.25) is 0 Å². The summed E-state index contributed by atoms with van der Waals surface area (Å²) in [6, 6.07) is 60.9. The Balaban J connectivity index is 1.26. The van der Waals surface area contributed by atoms with Crippen LogP contribution in [0.5, 0.6) is 0 Å². The number of benzene rings is 7. The largest absolute Gasteiger partial charge is 0.310 e. The van der Waals surface area contributed by atoms with Gasteiger partial charge in [0.05, 0.1) is 15.1 Å². The predicted molar refractivity (Wildman–Crippen MR) is 202 cm³/mol. The summed E-state index contributed by atoms with van der Waals surface area (Å²) in [5.41, 5.74) is 6.96. The summed E-state index contributed by atoms with van der Waals surface area (Å²) in [6.07, 6.45) is 0. The Morgan fingerprint density at radius 3 is 1.37 bits per heavy atom. The topological polar surface area (TPSA) is 6.48 Å². The van der Waals surface area contributed by atoms with Crippen molar-refractivity contribution >= 4 is 97.1 Å². The van der Waals surface area contributed by atoms with Crippen LogP contribution in [0.25, 0.3) is 40.3 Å². The van der Waals surface area contributed by atoms with Crippen LogP contribution in [0.15, 0.2) is 170 Å². The van der Waals surface area contributed by atoms with Gasteiger partial charge in [-0.2, -0.15) is 0 Å². The Morgan fingerprint density at radius 2 is 0.804 bits per heavy atom. The molecule has 0 aliphatic rings. The lowest BCUT2D eigenvalue weighted by Crippen LogP contribution is -2.10. The van der Waals surface area contributed by atoms with E-state index >= 15 is 0 Å². The maximum Gasteiger partial charge on any atom is 0.0554 e. The Kier molecular flexibility index (Phi) is 6.55. The van der Waals surface area contributed by atoms with Gasteiger partial charge in [-0.25, -0.2) is 0 Å². The molecule has 0 unspecified atom stereocenters. The van der Waals surface area contributed by atoms with Crippen molar-refractivity contribution in [1.29, 1.82) is 0 Å². The molecule has 0 radical (unpaired) electrons. The van der Waals surface area contributed by atoms with E-state index in [2.05, 4.69) is 180 Å². The van der Waals surface area contributed by atoms with Gasteiger partial charge in [0.25, 0.3) is 0 Å². The molecule has 0 aliphatic carbocycles. The third kappa shape index (κ3) is 4.46. The molecule has 2 nitrogen and oxygen atoms in total. The summed E-state index contributed by atoms with van der Waals surface area (Å²) in [5, 5.41) is 5.21. The number of anilines is 6. The molecule has 0 aliphatic heterocycles. The highest BCUT2D eigenvalue weighted by molar-refractivity contribution is 7.36. The molecule has 46 heavy (non-hydrogen) atoms. The molecule has 0 atom stereocenters. The number of nitrogens with zero attached hydrogens (tertiary/aromatic N) is 2. The monoisotopic (exact) mass is 624 g/mol. The highest BCUT2D eigenvalue weighted by Gasteiger charge is 2.21. The van der Waals surface area contributed by atoms with Crippen molar-refractivity contribution in [1.82, 2.24) is 0 Å². The van der Waals surface area contributed by atoms with E-state index < -0.39 is 0 Å². The molecular weight excluding hydrogens is 597 g/mol. The van der Waals surface area contributed by atoms with Crippen LogP contribution in [0, 0.1) is 0 Å². The van der Waals surface area contributed by atoms with Crippen LogP contribution in [-0.2, 0) is 0 Å². The molecule has 0 spiro atoms. The Morgan fingerprint density at radius 1 is 0.326 bits per heavy atom. The van der Waals surface area contributed by atoms with E-state index in [0.29, 0.717) is 0 Å². The zero-order chi connectivity index (χ0) is 30.5. The minimum absolute atomic E-state index is 1.15. The first-order chi connectivity index (χ1) is 22.8. The molecule has 0 saturated heterocycles. The van der Waals surface area contributed by atoms with Crippen molar-refractivity contribution in [3.05, 3.63) is 170 Å². The van der Waals surface area contributed by atoms with Crippen LogP contribution in [-0.4, -0.2) is 0 Å². The Hall–Kier alpha value is -5.42. The van der Waals surface area contributed by atoms with Crippen LogP contribution in [0.3, 0.4) is 0 Å². The third-order valence-electron chi connectivity index (χ3n) is 8.61. The molecule has 0 bridgehead atoms. The van der Waals surface area contributed by atoms with E-state index in [1.807, 2.05) is 22.7 Å². The maximum atomic E-state index is 2.40. The summed E-state index contributed by atoms with van der Waals surface area (Å²) in [7, 11) is 0. The lowest BCUT2D eigenvalue weighted by Gasteiger charge is -2.27. The molecule has 4 heteroatoms. The van der Waals surface area contributed by atoms with E-state index in [0.717, 1.165) is 28.4 Å². The minimum Gasteiger partial charge on any atom is -0.310 e. The van der Waals surface area contributed by atoms with Crippen molar-refractivity contribution in [3.63, 3.8) is 0 Å². The number of hydrogen-bond donors (Lipinski definition) is 0. The second-order valence-electron chi connectivity index (χ2n) is 11.4. The first-order valence-corrected chi connectivity index (χ1v) is 17.1. The predicted octanol–water partition coefficient (Wildman–Crippen LogP) is 13.4. The zero-order valence-electron chi connectivity index (χ0n) is 24.9. The van der Waals surface area contributed by atoms with E-state index in [1.54, 1.807) is 0 Å². The molecular formula is C42H28N2S2. The van der Waals surface area contributed by atoms with Crippen molar-refractivity contribution in [2.45, 2.75) is 0 Å². The summed E-state index contributed by atoms with van der Waals surface area (Å²) in [4.78, 5) is 4.73. The Labute approximate surface area is 275 Å². The SMILES string of the molecule is c1ccc(N(c2ccccc2)c2ccc3c(c2)sc2c3sc3cc(N(c4ccccc4)c4ccccc4)c4ccccc4c32)cc1. The van der Waals surface area contributed by atoms with E-state index in [1.165, 1.54) is 46.0 Å². The second-order valence-corrected chi connectivity index (χ2v) is 13.5. The van der Waals surface area contributed by atoms with Gasteiger partial charge >= 0.3 is 0 Å². The lowest BCUT2D eigenvalue weighted by atomic mass is 10.0. The molecule has 218 valence electrons. The molecule has 7 aromatic carbocycles. The quantitative estimate of drug-likeness (QED) is 0.182. The zero-order valence-corrected chi connectivity index (χ0v) is 26.5. The molecule has 0 amide bonds.